The van der Waals surface area contributed by atoms with Gasteiger partial charge in [-0.25, -0.2) is 0 Å². The topological polar surface area (TPSA) is 47.6 Å². The molecule has 1 saturated carbocycles. The average Bonchev–Trinajstić information content (AvgIpc) is 3.28. The molecule has 1 aliphatic rings. The first kappa shape index (κ1) is 14.9. The SMILES string of the molecule is CCOc1ccc(C(=O)NCCCOCC2CC2)cc1. The summed E-state index contributed by atoms with van der Waals surface area (Å²) in [5, 5.41) is 2.89. The van der Waals surface area contributed by atoms with Gasteiger partial charge in [-0.15, -0.1) is 0 Å². The van der Waals surface area contributed by atoms with Crippen molar-refractivity contribution in [2.45, 2.75) is 26.2 Å². The number of nitrogens with one attached hydrogen (secondary N) is 1. The number of carbonyl (C=O) groups is 1. The molecule has 1 aliphatic carbocycles. The second-order valence-corrected chi connectivity index (χ2v) is 5.09. The highest BCUT2D eigenvalue weighted by molar-refractivity contribution is 5.94. The fourth-order valence-electron chi connectivity index (χ4n) is 1.88. The molecule has 1 fully saturated rings. The van der Waals surface area contributed by atoms with E-state index in [1.54, 1.807) is 12.1 Å². The van der Waals surface area contributed by atoms with Crippen molar-refractivity contribution in [1.82, 2.24) is 5.32 Å². The van der Waals surface area contributed by atoms with Gasteiger partial charge in [0, 0.05) is 25.3 Å². The molecule has 0 spiro atoms. The molecular weight excluding hydrogens is 254 g/mol. The van der Waals surface area contributed by atoms with Crippen LogP contribution >= 0.6 is 0 Å². The van der Waals surface area contributed by atoms with Crippen molar-refractivity contribution >= 4 is 5.91 Å². The zero-order valence-electron chi connectivity index (χ0n) is 12.1. The Morgan fingerprint density at radius 2 is 2.05 bits per heavy atom. The highest BCUT2D eigenvalue weighted by Crippen LogP contribution is 2.28. The average molecular weight is 277 g/mol. The first-order valence-corrected chi connectivity index (χ1v) is 7.38. The third-order valence-corrected chi connectivity index (χ3v) is 3.23. The largest absolute Gasteiger partial charge is 0.494 e. The van der Waals surface area contributed by atoms with E-state index in [2.05, 4.69) is 5.32 Å². The van der Waals surface area contributed by atoms with Crippen molar-refractivity contribution in [1.29, 1.82) is 0 Å². The minimum Gasteiger partial charge on any atom is -0.494 e. The monoisotopic (exact) mass is 277 g/mol. The third-order valence-electron chi connectivity index (χ3n) is 3.23. The Kier molecular flexibility index (Phi) is 5.87. The van der Waals surface area contributed by atoms with Gasteiger partial charge >= 0.3 is 0 Å². The van der Waals surface area contributed by atoms with E-state index in [0.29, 0.717) is 18.7 Å². The van der Waals surface area contributed by atoms with Crippen molar-refractivity contribution in [3.63, 3.8) is 0 Å². The molecule has 0 bridgehead atoms. The van der Waals surface area contributed by atoms with Crippen molar-refractivity contribution in [2.24, 2.45) is 5.92 Å². The molecule has 0 atom stereocenters. The maximum absolute atomic E-state index is 11.9. The summed E-state index contributed by atoms with van der Waals surface area (Å²) in [6.45, 7) is 4.82. The van der Waals surface area contributed by atoms with Crippen molar-refractivity contribution in [3.8, 4) is 5.75 Å². The van der Waals surface area contributed by atoms with Gasteiger partial charge in [-0.1, -0.05) is 0 Å². The van der Waals surface area contributed by atoms with Crippen LogP contribution < -0.4 is 10.1 Å². The molecule has 1 amide bonds. The Balaban J connectivity index is 1.60. The van der Waals surface area contributed by atoms with Crippen LogP contribution in [0.2, 0.25) is 0 Å². The number of amides is 1. The minimum atomic E-state index is -0.0461. The predicted molar refractivity (Wildman–Crippen MR) is 78.1 cm³/mol. The van der Waals surface area contributed by atoms with E-state index in [1.165, 1.54) is 12.8 Å². The van der Waals surface area contributed by atoms with Crippen LogP contribution in [-0.4, -0.2) is 32.3 Å². The number of hydrogen-bond donors (Lipinski definition) is 1. The fourth-order valence-corrected chi connectivity index (χ4v) is 1.88. The fraction of sp³-hybridized carbons (Fsp3) is 0.562. The Morgan fingerprint density at radius 3 is 2.70 bits per heavy atom. The van der Waals surface area contributed by atoms with Gasteiger partial charge in [0.15, 0.2) is 0 Å². The molecule has 0 saturated heterocycles. The van der Waals surface area contributed by atoms with Crippen molar-refractivity contribution in [3.05, 3.63) is 29.8 Å². The molecule has 1 N–H and O–H groups in total. The van der Waals surface area contributed by atoms with Crippen LogP contribution in [0.15, 0.2) is 24.3 Å². The lowest BCUT2D eigenvalue weighted by Gasteiger charge is -2.07. The van der Waals surface area contributed by atoms with Crippen LogP contribution in [0.4, 0.5) is 0 Å². The van der Waals surface area contributed by atoms with Gasteiger partial charge in [0.2, 0.25) is 0 Å². The van der Waals surface area contributed by atoms with E-state index in [4.69, 9.17) is 9.47 Å². The van der Waals surface area contributed by atoms with Gasteiger partial charge in [0.25, 0.3) is 5.91 Å². The molecule has 1 aromatic carbocycles. The summed E-state index contributed by atoms with van der Waals surface area (Å²) in [6, 6.07) is 7.20. The van der Waals surface area contributed by atoms with Crippen LogP contribution in [0.1, 0.15) is 36.5 Å². The zero-order chi connectivity index (χ0) is 14.2. The number of benzene rings is 1. The second-order valence-electron chi connectivity index (χ2n) is 5.09. The van der Waals surface area contributed by atoms with E-state index < -0.39 is 0 Å². The predicted octanol–water partition coefficient (Wildman–Crippen LogP) is 2.63. The van der Waals surface area contributed by atoms with Crippen LogP contribution in [0.5, 0.6) is 5.75 Å². The molecule has 4 heteroatoms. The normalized spacial score (nSPS) is 14.1. The molecule has 4 nitrogen and oxygen atoms in total. The Labute approximate surface area is 120 Å². The summed E-state index contributed by atoms with van der Waals surface area (Å²) in [5.74, 6) is 1.54. The molecule has 0 aliphatic heterocycles. The van der Waals surface area contributed by atoms with Gasteiger partial charge < -0.3 is 14.8 Å². The Morgan fingerprint density at radius 1 is 1.30 bits per heavy atom. The molecule has 110 valence electrons. The number of rotatable bonds is 9. The molecule has 0 heterocycles. The van der Waals surface area contributed by atoms with Crippen LogP contribution in [0, 0.1) is 5.92 Å². The summed E-state index contributed by atoms with van der Waals surface area (Å²) in [6.07, 6.45) is 3.48. The second kappa shape index (κ2) is 7.90. The van der Waals surface area contributed by atoms with Gasteiger partial charge in [0.1, 0.15) is 5.75 Å². The smallest absolute Gasteiger partial charge is 0.251 e. The summed E-state index contributed by atoms with van der Waals surface area (Å²) >= 11 is 0. The first-order valence-electron chi connectivity index (χ1n) is 7.38. The van der Waals surface area contributed by atoms with Crippen molar-refractivity contribution < 1.29 is 14.3 Å². The number of hydrogen-bond acceptors (Lipinski definition) is 3. The van der Waals surface area contributed by atoms with Crippen LogP contribution in [0.3, 0.4) is 0 Å². The molecule has 0 aromatic heterocycles. The first-order chi connectivity index (χ1) is 9.79. The molecule has 2 rings (SSSR count). The lowest BCUT2D eigenvalue weighted by molar-refractivity contribution is 0.0937. The summed E-state index contributed by atoms with van der Waals surface area (Å²) < 4.78 is 10.9. The standard InChI is InChI=1S/C16H23NO3/c1-2-20-15-8-6-14(7-9-15)16(18)17-10-3-11-19-12-13-4-5-13/h6-9,13H,2-5,10-12H2,1H3,(H,17,18). The molecule has 0 radical (unpaired) electrons. The highest BCUT2D eigenvalue weighted by Gasteiger charge is 2.20. The van der Waals surface area contributed by atoms with E-state index in [-0.39, 0.29) is 5.91 Å². The Bertz CT molecular complexity index is 412. The van der Waals surface area contributed by atoms with E-state index in [9.17, 15) is 4.79 Å². The highest BCUT2D eigenvalue weighted by atomic mass is 16.5. The number of ether oxygens (including phenoxy) is 2. The summed E-state index contributed by atoms with van der Waals surface area (Å²) in [4.78, 5) is 11.9. The summed E-state index contributed by atoms with van der Waals surface area (Å²) in [5.41, 5.74) is 0.660. The summed E-state index contributed by atoms with van der Waals surface area (Å²) in [7, 11) is 0. The van der Waals surface area contributed by atoms with E-state index in [0.717, 1.165) is 31.3 Å². The van der Waals surface area contributed by atoms with Crippen molar-refractivity contribution in [2.75, 3.05) is 26.4 Å². The van der Waals surface area contributed by atoms with E-state index >= 15 is 0 Å². The quantitative estimate of drug-likeness (QED) is 0.706. The van der Waals surface area contributed by atoms with E-state index in [1.807, 2.05) is 19.1 Å². The maximum Gasteiger partial charge on any atom is 0.251 e. The van der Waals surface area contributed by atoms with Crippen LogP contribution in [0.25, 0.3) is 0 Å². The zero-order valence-corrected chi connectivity index (χ0v) is 12.1. The van der Waals surface area contributed by atoms with Gasteiger partial charge in [-0.2, -0.15) is 0 Å². The lowest BCUT2D eigenvalue weighted by atomic mass is 10.2. The van der Waals surface area contributed by atoms with Gasteiger partial charge in [-0.05, 0) is 56.4 Å². The lowest BCUT2D eigenvalue weighted by Crippen LogP contribution is -2.25. The number of carbonyl (C=O) groups excluding carboxylic acids is 1. The molecule has 0 unspecified atom stereocenters. The molecule has 20 heavy (non-hydrogen) atoms. The molecule has 1 aromatic rings. The van der Waals surface area contributed by atoms with Crippen LogP contribution in [-0.2, 0) is 4.74 Å². The van der Waals surface area contributed by atoms with Gasteiger partial charge in [-0.3, -0.25) is 4.79 Å². The Hall–Kier alpha value is -1.55. The third kappa shape index (κ3) is 5.21. The molecular formula is C16H23NO3. The van der Waals surface area contributed by atoms with Gasteiger partial charge in [0.05, 0.1) is 6.61 Å². The maximum atomic E-state index is 11.9. The minimum absolute atomic E-state index is 0.0461.